The molecular weight excluding hydrogens is 288 g/mol. The zero-order valence-corrected chi connectivity index (χ0v) is 12.3. The SMILES string of the molecule is CC(C[C@@H](O)c1ccc([N+](=O)[O-])cc1)=[N+]1CCC[C@H]1C(=O)[O-]. The summed E-state index contributed by atoms with van der Waals surface area (Å²) in [4.78, 5) is 21.2. The molecule has 1 aliphatic rings. The lowest BCUT2D eigenvalue weighted by Crippen LogP contribution is -2.42. The second kappa shape index (κ2) is 6.65. The molecule has 0 radical (unpaired) electrons. The van der Waals surface area contributed by atoms with Crippen LogP contribution in [-0.4, -0.2) is 38.9 Å². The summed E-state index contributed by atoms with van der Waals surface area (Å²) in [7, 11) is 0. The summed E-state index contributed by atoms with van der Waals surface area (Å²) in [6.07, 6.45) is 0.780. The molecule has 0 aliphatic carbocycles. The third-order valence-corrected chi connectivity index (χ3v) is 3.99. The van der Waals surface area contributed by atoms with E-state index < -0.39 is 23.0 Å². The van der Waals surface area contributed by atoms with Gasteiger partial charge in [-0.15, -0.1) is 0 Å². The van der Waals surface area contributed by atoms with Crippen LogP contribution in [0.3, 0.4) is 0 Å². The molecular formula is C15H18N2O5. The van der Waals surface area contributed by atoms with Gasteiger partial charge in [-0.05, 0) is 17.7 Å². The number of aliphatic hydroxyl groups is 1. The zero-order valence-electron chi connectivity index (χ0n) is 12.3. The average molecular weight is 306 g/mol. The Hall–Kier alpha value is -2.28. The summed E-state index contributed by atoms with van der Waals surface area (Å²) in [5.41, 5.74) is 1.31. The predicted octanol–water partition coefficient (Wildman–Crippen LogP) is 0.404. The number of hydrogen-bond acceptors (Lipinski definition) is 5. The lowest BCUT2D eigenvalue weighted by molar-refractivity contribution is -0.545. The van der Waals surface area contributed by atoms with Crippen molar-refractivity contribution in [3.05, 3.63) is 39.9 Å². The van der Waals surface area contributed by atoms with E-state index in [9.17, 15) is 25.1 Å². The molecule has 0 saturated carbocycles. The van der Waals surface area contributed by atoms with E-state index in [1.54, 1.807) is 11.5 Å². The van der Waals surface area contributed by atoms with Gasteiger partial charge < -0.3 is 15.0 Å². The largest absolute Gasteiger partial charge is 0.543 e. The highest BCUT2D eigenvalue weighted by Gasteiger charge is 2.31. The Morgan fingerprint density at radius 1 is 1.45 bits per heavy atom. The summed E-state index contributed by atoms with van der Waals surface area (Å²) in [6.45, 7) is 2.42. The second-order valence-electron chi connectivity index (χ2n) is 5.47. The number of carboxylic acids is 1. The standard InChI is InChI=1S/C15H18N2O5/c1-10(16-8-2-3-13(16)15(19)20)9-14(18)11-4-6-12(7-5-11)17(21)22/h4-7,13-14,18H,2-3,8-9H2,1H3/t13-,14+/m0/s1. The van der Waals surface area contributed by atoms with E-state index in [4.69, 9.17) is 0 Å². The van der Waals surface area contributed by atoms with E-state index in [1.807, 2.05) is 0 Å². The molecule has 0 unspecified atom stereocenters. The van der Waals surface area contributed by atoms with Gasteiger partial charge in [-0.3, -0.25) is 10.1 Å². The maximum absolute atomic E-state index is 11.1. The van der Waals surface area contributed by atoms with Crippen LogP contribution in [0, 0.1) is 10.1 Å². The van der Waals surface area contributed by atoms with Gasteiger partial charge in [0, 0.05) is 31.9 Å². The van der Waals surface area contributed by atoms with Crippen molar-refractivity contribution in [2.75, 3.05) is 6.54 Å². The van der Waals surface area contributed by atoms with Crippen molar-refractivity contribution in [1.82, 2.24) is 0 Å². The van der Waals surface area contributed by atoms with E-state index in [0.717, 1.165) is 12.1 Å². The Bertz CT molecular complexity index is 609. The monoisotopic (exact) mass is 306 g/mol. The lowest BCUT2D eigenvalue weighted by atomic mass is 10.0. The van der Waals surface area contributed by atoms with Crippen molar-refractivity contribution in [1.29, 1.82) is 0 Å². The molecule has 0 amide bonds. The van der Waals surface area contributed by atoms with E-state index in [1.165, 1.54) is 24.3 Å². The van der Waals surface area contributed by atoms with Crippen molar-refractivity contribution in [2.45, 2.75) is 38.3 Å². The number of nitro benzene ring substituents is 1. The van der Waals surface area contributed by atoms with Crippen LogP contribution in [0.5, 0.6) is 0 Å². The number of rotatable bonds is 5. The Labute approximate surface area is 127 Å². The van der Waals surface area contributed by atoms with Crippen molar-refractivity contribution in [2.24, 2.45) is 0 Å². The maximum atomic E-state index is 11.1. The molecule has 1 aliphatic heterocycles. The third-order valence-electron chi connectivity index (χ3n) is 3.99. The topological polar surface area (TPSA) is 107 Å². The first-order valence-electron chi connectivity index (χ1n) is 7.12. The van der Waals surface area contributed by atoms with Gasteiger partial charge in [0.1, 0.15) is 12.5 Å². The van der Waals surface area contributed by atoms with Gasteiger partial charge in [0.25, 0.3) is 5.69 Å². The molecule has 7 heteroatoms. The summed E-state index contributed by atoms with van der Waals surface area (Å²) in [5, 5.41) is 31.9. The predicted molar refractivity (Wildman–Crippen MR) is 76.5 cm³/mol. The van der Waals surface area contributed by atoms with Crippen LogP contribution < -0.4 is 5.11 Å². The first kappa shape index (κ1) is 16.1. The smallest absolute Gasteiger partial charge is 0.269 e. The zero-order chi connectivity index (χ0) is 16.3. The third kappa shape index (κ3) is 3.48. The van der Waals surface area contributed by atoms with Crippen LogP contribution in [-0.2, 0) is 4.79 Å². The summed E-state index contributed by atoms with van der Waals surface area (Å²) >= 11 is 0. The highest BCUT2D eigenvalue weighted by molar-refractivity contribution is 5.79. The Morgan fingerprint density at radius 3 is 2.64 bits per heavy atom. The summed E-state index contributed by atoms with van der Waals surface area (Å²) < 4.78 is 1.75. The minimum atomic E-state index is -1.10. The Balaban J connectivity index is 2.12. The van der Waals surface area contributed by atoms with Crippen molar-refractivity contribution >= 4 is 17.4 Å². The molecule has 2 atom stereocenters. The second-order valence-corrected chi connectivity index (χ2v) is 5.47. The van der Waals surface area contributed by atoms with Gasteiger partial charge in [-0.2, -0.15) is 0 Å². The minimum Gasteiger partial charge on any atom is -0.543 e. The lowest BCUT2D eigenvalue weighted by Gasteiger charge is -2.14. The number of nitrogens with zero attached hydrogens (tertiary/aromatic N) is 2. The Morgan fingerprint density at radius 2 is 2.09 bits per heavy atom. The number of carbonyl (C=O) groups excluding carboxylic acids is 1. The number of benzene rings is 1. The first-order chi connectivity index (χ1) is 10.4. The van der Waals surface area contributed by atoms with E-state index in [0.29, 0.717) is 18.5 Å². The molecule has 1 fully saturated rings. The van der Waals surface area contributed by atoms with E-state index in [-0.39, 0.29) is 12.1 Å². The molecule has 1 saturated heterocycles. The highest BCUT2D eigenvalue weighted by Crippen LogP contribution is 2.22. The van der Waals surface area contributed by atoms with E-state index in [2.05, 4.69) is 0 Å². The van der Waals surface area contributed by atoms with Gasteiger partial charge in [0.2, 0.25) is 0 Å². The van der Waals surface area contributed by atoms with Gasteiger partial charge in [-0.1, -0.05) is 0 Å². The molecule has 7 nitrogen and oxygen atoms in total. The van der Waals surface area contributed by atoms with Gasteiger partial charge in [0.05, 0.1) is 17.4 Å². The quantitative estimate of drug-likeness (QED) is 0.481. The van der Waals surface area contributed by atoms with Crippen LogP contribution in [0.25, 0.3) is 0 Å². The number of aliphatic hydroxyl groups excluding tert-OH is 1. The molecule has 1 aromatic carbocycles. The molecule has 0 bridgehead atoms. The van der Waals surface area contributed by atoms with Crippen LogP contribution in [0.1, 0.15) is 37.9 Å². The van der Waals surface area contributed by atoms with Crippen molar-refractivity contribution < 1.29 is 24.5 Å². The fraction of sp³-hybridized carbons (Fsp3) is 0.467. The van der Waals surface area contributed by atoms with Crippen LogP contribution in [0.4, 0.5) is 5.69 Å². The fourth-order valence-corrected chi connectivity index (χ4v) is 2.80. The summed E-state index contributed by atoms with van der Waals surface area (Å²) in [6, 6.07) is 5.07. The molecule has 22 heavy (non-hydrogen) atoms. The average Bonchev–Trinajstić information content (AvgIpc) is 2.97. The number of carboxylic acid groups (broad SMARTS) is 1. The molecule has 0 spiro atoms. The number of non-ortho nitro benzene ring substituents is 1. The van der Waals surface area contributed by atoms with Gasteiger partial charge in [-0.25, -0.2) is 4.58 Å². The van der Waals surface area contributed by atoms with Gasteiger partial charge in [0.15, 0.2) is 11.8 Å². The first-order valence-corrected chi connectivity index (χ1v) is 7.12. The number of aliphatic carboxylic acids is 1. The van der Waals surface area contributed by atoms with E-state index >= 15 is 0 Å². The number of nitro groups is 1. The Kier molecular flexibility index (Phi) is 4.87. The molecule has 118 valence electrons. The fourth-order valence-electron chi connectivity index (χ4n) is 2.80. The van der Waals surface area contributed by atoms with Crippen molar-refractivity contribution in [3.63, 3.8) is 0 Å². The molecule has 1 N–H and O–H groups in total. The molecule has 1 heterocycles. The van der Waals surface area contributed by atoms with Crippen LogP contribution >= 0.6 is 0 Å². The highest BCUT2D eigenvalue weighted by atomic mass is 16.6. The maximum Gasteiger partial charge on any atom is 0.269 e. The minimum absolute atomic E-state index is 0.0341. The number of carbonyl (C=O) groups is 1. The number of hydrogen-bond donors (Lipinski definition) is 1. The van der Waals surface area contributed by atoms with Gasteiger partial charge >= 0.3 is 0 Å². The molecule has 1 aromatic rings. The molecule has 2 rings (SSSR count). The normalized spacial score (nSPS) is 21.5. The van der Waals surface area contributed by atoms with Crippen LogP contribution in [0.2, 0.25) is 0 Å². The summed E-state index contributed by atoms with van der Waals surface area (Å²) in [5.74, 6) is -1.10. The molecule has 0 aromatic heterocycles. The van der Waals surface area contributed by atoms with Crippen LogP contribution in [0.15, 0.2) is 24.3 Å². The van der Waals surface area contributed by atoms with Crippen molar-refractivity contribution in [3.8, 4) is 0 Å².